The number of hydrogen-bond acceptors (Lipinski definition) is 4. The summed E-state index contributed by atoms with van der Waals surface area (Å²) < 4.78 is 10.9. The van der Waals surface area contributed by atoms with Crippen molar-refractivity contribution in [3.8, 4) is 5.75 Å². The normalized spacial score (nSPS) is 15.2. The lowest BCUT2D eigenvalue weighted by Crippen LogP contribution is -2.36. The SMILES string of the molecule is Cc1onc(C(=O)NC2CCCCC2)c1COc1ccc(Cl)cc1. The van der Waals surface area contributed by atoms with Gasteiger partial charge < -0.3 is 14.6 Å². The molecule has 1 heterocycles. The Hall–Kier alpha value is -2.01. The van der Waals surface area contributed by atoms with Crippen LogP contribution in [0.1, 0.15) is 53.9 Å². The molecule has 0 spiro atoms. The summed E-state index contributed by atoms with van der Waals surface area (Å²) in [4.78, 5) is 12.5. The maximum Gasteiger partial charge on any atom is 0.274 e. The van der Waals surface area contributed by atoms with Crippen molar-refractivity contribution in [3.63, 3.8) is 0 Å². The molecule has 5 nitrogen and oxygen atoms in total. The van der Waals surface area contributed by atoms with Crippen LogP contribution in [0.3, 0.4) is 0 Å². The Labute approximate surface area is 146 Å². The Morgan fingerprint density at radius 1 is 1.29 bits per heavy atom. The number of benzene rings is 1. The standard InChI is InChI=1S/C18H21ClN2O3/c1-12-16(11-23-15-9-7-13(19)8-10-15)17(21-24-12)18(22)20-14-5-3-2-4-6-14/h7-10,14H,2-6,11H2,1H3,(H,20,22). The van der Waals surface area contributed by atoms with Gasteiger partial charge in [0.1, 0.15) is 18.1 Å². The molecule has 1 fully saturated rings. The number of carbonyl (C=O) groups is 1. The first-order valence-electron chi connectivity index (χ1n) is 8.28. The van der Waals surface area contributed by atoms with Crippen molar-refractivity contribution in [1.29, 1.82) is 0 Å². The molecule has 0 bridgehead atoms. The quantitative estimate of drug-likeness (QED) is 0.876. The van der Waals surface area contributed by atoms with Gasteiger partial charge in [0, 0.05) is 11.1 Å². The lowest BCUT2D eigenvalue weighted by Gasteiger charge is -2.22. The van der Waals surface area contributed by atoms with Crippen molar-refractivity contribution >= 4 is 17.5 Å². The number of ether oxygens (including phenoxy) is 1. The lowest BCUT2D eigenvalue weighted by atomic mass is 9.95. The smallest absolute Gasteiger partial charge is 0.274 e. The van der Waals surface area contributed by atoms with Gasteiger partial charge in [-0.1, -0.05) is 36.0 Å². The van der Waals surface area contributed by atoms with Crippen LogP contribution in [0.25, 0.3) is 0 Å². The number of rotatable bonds is 5. The Bertz CT molecular complexity index is 691. The van der Waals surface area contributed by atoms with Crippen molar-refractivity contribution in [3.05, 3.63) is 46.3 Å². The zero-order valence-electron chi connectivity index (χ0n) is 13.7. The molecule has 1 N–H and O–H groups in total. The molecule has 1 saturated carbocycles. The van der Waals surface area contributed by atoms with E-state index in [0.717, 1.165) is 25.7 Å². The third kappa shape index (κ3) is 4.09. The van der Waals surface area contributed by atoms with E-state index < -0.39 is 0 Å². The van der Waals surface area contributed by atoms with Crippen LogP contribution in [-0.2, 0) is 6.61 Å². The molecule has 2 aromatic rings. The molecule has 1 aliphatic carbocycles. The number of carbonyl (C=O) groups excluding carboxylic acids is 1. The van der Waals surface area contributed by atoms with E-state index in [1.165, 1.54) is 6.42 Å². The predicted molar refractivity (Wildman–Crippen MR) is 91.4 cm³/mol. The molecular formula is C18H21ClN2O3. The van der Waals surface area contributed by atoms with E-state index in [2.05, 4.69) is 10.5 Å². The Morgan fingerprint density at radius 3 is 2.71 bits per heavy atom. The highest BCUT2D eigenvalue weighted by Crippen LogP contribution is 2.21. The Kier molecular flexibility index (Phi) is 5.41. The average molecular weight is 349 g/mol. The third-order valence-corrected chi connectivity index (χ3v) is 4.59. The summed E-state index contributed by atoms with van der Waals surface area (Å²) in [7, 11) is 0. The molecule has 6 heteroatoms. The summed E-state index contributed by atoms with van der Waals surface area (Å²) in [6.45, 7) is 2.01. The summed E-state index contributed by atoms with van der Waals surface area (Å²) in [6.07, 6.45) is 5.62. The molecule has 0 unspecified atom stereocenters. The zero-order valence-corrected chi connectivity index (χ0v) is 14.4. The number of nitrogens with zero attached hydrogens (tertiary/aromatic N) is 1. The molecule has 0 aliphatic heterocycles. The van der Waals surface area contributed by atoms with Crippen LogP contribution in [0.5, 0.6) is 5.75 Å². The maximum absolute atomic E-state index is 12.5. The van der Waals surface area contributed by atoms with E-state index in [4.69, 9.17) is 20.9 Å². The summed E-state index contributed by atoms with van der Waals surface area (Å²) in [5, 5.41) is 7.63. The summed E-state index contributed by atoms with van der Waals surface area (Å²) in [5.41, 5.74) is 0.991. The van der Waals surface area contributed by atoms with Crippen LogP contribution >= 0.6 is 11.6 Å². The second-order valence-electron chi connectivity index (χ2n) is 6.12. The highest BCUT2D eigenvalue weighted by molar-refractivity contribution is 6.30. The fourth-order valence-electron chi connectivity index (χ4n) is 2.93. The van der Waals surface area contributed by atoms with Crippen LogP contribution in [0.4, 0.5) is 0 Å². The number of nitrogens with one attached hydrogen (secondary N) is 1. The highest BCUT2D eigenvalue weighted by atomic mass is 35.5. The van der Waals surface area contributed by atoms with Crippen LogP contribution in [0, 0.1) is 6.92 Å². The van der Waals surface area contributed by atoms with Crippen LogP contribution in [0.2, 0.25) is 5.02 Å². The first kappa shape index (κ1) is 16.8. The van der Waals surface area contributed by atoms with Crippen molar-refractivity contribution < 1.29 is 14.1 Å². The van der Waals surface area contributed by atoms with Crippen molar-refractivity contribution in [2.45, 2.75) is 51.7 Å². The zero-order chi connectivity index (χ0) is 16.9. The fourth-order valence-corrected chi connectivity index (χ4v) is 3.05. The van der Waals surface area contributed by atoms with E-state index in [1.54, 1.807) is 31.2 Å². The minimum absolute atomic E-state index is 0.187. The average Bonchev–Trinajstić information content (AvgIpc) is 2.96. The van der Waals surface area contributed by atoms with E-state index in [1.807, 2.05) is 0 Å². The minimum atomic E-state index is -0.187. The third-order valence-electron chi connectivity index (χ3n) is 4.34. The van der Waals surface area contributed by atoms with Gasteiger partial charge in [-0.15, -0.1) is 0 Å². The number of aromatic nitrogens is 1. The predicted octanol–water partition coefficient (Wildman–Crippen LogP) is 4.28. The van der Waals surface area contributed by atoms with E-state index in [9.17, 15) is 4.79 Å². The molecule has 0 saturated heterocycles. The van der Waals surface area contributed by atoms with Crippen molar-refractivity contribution in [2.75, 3.05) is 0 Å². The molecule has 1 amide bonds. The van der Waals surface area contributed by atoms with Crippen LogP contribution < -0.4 is 10.1 Å². The molecule has 1 aliphatic rings. The molecule has 0 radical (unpaired) electrons. The first-order chi connectivity index (χ1) is 11.6. The molecule has 24 heavy (non-hydrogen) atoms. The monoisotopic (exact) mass is 348 g/mol. The second kappa shape index (κ2) is 7.71. The van der Waals surface area contributed by atoms with Gasteiger partial charge in [-0.05, 0) is 44.0 Å². The number of hydrogen-bond donors (Lipinski definition) is 1. The van der Waals surface area contributed by atoms with Crippen molar-refractivity contribution in [1.82, 2.24) is 10.5 Å². The largest absolute Gasteiger partial charge is 0.489 e. The van der Waals surface area contributed by atoms with Gasteiger partial charge >= 0.3 is 0 Å². The maximum atomic E-state index is 12.5. The molecule has 128 valence electrons. The van der Waals surface area contributed by atoms with Gasteiger partial charge in [0.15, 0.2) is 5.69 Å². The summed E-state index contributed by atoms with van der Waals surface area (Å²) >= 11 is 5.86. The van der Waals surface area contributed by atoms with Gasteiger partial charge in [0.2, 0.25) is 0 Å². The topological polar surface area (TPSA) is 64.4 Å². The molecule has 1 aromatic carbocycles. The Balaban J connectivity index is 1.66. The molecule has 0 atom stereocenters. The summed E-state index contributed by atoms with van der Waals surface area (Å²) in [6, 6.07) is 7.32. The van der Waals surface area contributed by atoms with Crippen molar-refractivity contribution in [2.24, 2.45) is 0 Å². The number of aryl methyl sites for hydroxylation is 1. The van der Waals surface area contributed by atoms with Crippen LogP contribution in [-0.4, -0.2) is 17.1 Å². The molecule has 3 rings (SSSR count). The Morgan fingerprint density at radius 2 is 2.00 bits per heavy atom. The van der Waals surface area contributed by atoms with Gasteiger partial charge in [-0.25, -0.2) is 0 Å². The van der Waals surface area contributed by atoms with Gasteiger partial charge in [-0.2, -0.15) is 0 Å². The molecule has 1 aromatic heterocycles. The van der Waals surface area contributed by atoms with Gasteiger partial charge in [0.25, 0.3) is 5.91 Å². The van der Waals surface area contributed by atoms with E-state index >= 15 is 0 Å². The van der Waals surface area contributed by atoms with Gasteiger partial charge in [-0.3, -0.25) is 4.79 Å². The van der Waals surface area contributed by atoms with E-state index in [0.29, 0.717) is 27.8 Å². The highest BCUT2D eigenvalue weighted by Gasteiger charge is 2.23. The minimum Gasteiger partial charge on any atom is -0.489 e. The first-order valence-corrected chi connectivity index (χ1v) is 8.65. The lowest BCUT2D eigenvalue weighted by molar-refractivity contribution is 0.0916. The van der Waals surface area contributed by atoms with Crippen LogP contribution in [0.15, 0.2) is 28.8 Å². The second-order valence-corrected chi connectivity index (χ2v) is 6.55. The van der Waals surface area contributed by atoms with E-state index in [-0.39, 0.29) is 18.6 Å². The van der Waals surface area contributed by atoms with Gasteiger partial charge in [0.05, 0.1) is 5.56 Å². The summed E-state index contributed by atoms with van der Waals surface area (Å²) in [5.74, 6) is 1.09. The fraction of sp³-hybridized carbons (Fsp3) is 0.444. The number of halogens is 1. The number of amides is 1. The molecular weight excluding hydrogens is 328 g/mol.